The molecule has 0 saturated carbocycles. The molecule has 1 N–H and O–H groups in total. The number of carbonyl (C=O) groups is 2. The number of hydrogen-bond donors (Lipinski definition) is 1. The van der Waals surface area contributed by atoms with Gasteiger partial charge >= 0.3 is 5.97 Å². The molecular formula is C14H21N3O3. The fourth-order valence-electron chi connectivity index (χ4n) is 1.88. The Balaban J connectivity index is 2.83. The van der Waals surface area contributed by atoms with E-state index in [2.05, 4.69) is 4.98 Å². The maximum atomic E-state index is 12.4. The van der Waals surface area contributed by atoms with Gasteiger partial charge in [-0.25, -0.2) is 4.79 Å². The average molecular weight is 279 g/mol. The number of hydrogen-bond acceptors (Lipinski definition) is 4. The summed E-state index contributed by atoms with van der Waals surface area (Å²) in [4.78, 5) is 31.1. The van der Waals surface area contributed by atoms with Crippen LogP contribution >= 0.6 is 0 Å². The molecular weight excluding hydrogens is 258 g/mol. The molecule has 1 aromatic heterocycles. The van der Waals surface area contributed by atoms with Gasteiger partial charge in [0.15, 0.2) is 0 Å². The van der Waals surface area contributed by atoms with Gasteiger partial charge in [-0.15, -0.1) is 0 Å². The molecule has 1 heterocycles. The van der Waals surface area contributed by atoms with Crippen LogP contribution in [0.4, 0.5) is 0 Å². The second kappa shape index (κ2) is 7.59. The molecule has 0 saturated heterocycles. The Kier molecular flexibility index (Phi) is 6.11. The minimum absolute atomic E-state index is 0.00621. The molecule has 1 rings (SSSR count). The monoisotopic (exact) mass is 279 g/mol. The van der Waals surface area contributed by atoms with Crippen LogP contribution in [0.5, 0.6) is 0 Å². The van der Waals surface area contributed by atoms with Crippen LogP contribution in [0.25, 0.3) is 0 Å². The van der Waals surface area contributed by atoms with Crippen molar-refractivity contribution < 1.29 is 14.7 Å². The van der Waals surface area contributed by atoms with Crippen LogP contribution in [-0.4, -0.2) is 65.5 Å². The Morgan fingerprint density at radius 2 is 2.00 bits per heavy atom. The van der Waals surface area contributed by atoms with Gasteiger partial charge in [-0.1, -0.05) is 0 Å². The van der Waals surface area contributed by atoms with Crippen LogP contribution < -0.4 is 0 Å². The Bertz CT molecular complexity index is 474. The summed E-state index contributed by atoms with van der Waals surface area (Å²) in [5.41, 5.74) is -0.0461. The molecule has 0 atom stereocenters. The Labute approximate surface area is 119 Å². The van der Waals surface area contributed by atoms with Gasteiger partial charge in [0.25, 0.3) is 5.91 Å². The SMILES string of the molecule is CCN(CCCN(C)C)C(=O)c1ncccc1C(=O)O. The highest BCUT2D eigenvalue weighted by atomic mass is 16.4. The van der Waals surface area contributed by atoms with Gasteiger partial charge in [-0.3, -0.25) is 9.78 Å². The minimum Gasteiger partial charge on any atom is -0.478 e. The zero-order valence-electron chi connectivity index (χ0n) is 12.2. The first kappa shape index (κ1) is 16.1. The predicted octanol–water partition coefficient (Wildman–Crippen LogP) is 1.19. The third-order valence-electron chi connectivity index (χ3n) is 2.94. The number of nitrogens with zero attached hydrogens (tertiary/aromatic N) is 3. The second-order valence-electron chi connectivity index (χ2n) is 4.75. The molecule has 0 fully saturated rings. The minimum atomic E-state index is -1.13. The lowest BCUT2D eigenvalue weighted by Gasteiger charge is -2.22. The van der Waals surface area contributed by atoms with E-state index in [4.69, 9.17) is 5.11 Å². The van der Waals surface area contributed by atoms with Crippen LogP contribution in [0.1, 0.15) is 34.2 Å². The number of rotatable bonds is 7. The smallest absolute Gasteiger partial charge is 0.338 e. The van der Waals surface area contributed by atoms with E-state index in [9.17, 15) is 9.59 Å². The number of aromatic nitrogens is 1. The van der Waals surface area contributed by atoms with Crippen LogP contribution in [0.15, 0.2) is 18.3 Å². The van der Waals surface area contributed by atoms with Crippen LogP contribution in [0.2, 0.25) is 0 Å². The molecule has 6 nitrogen and oxygen atoms in total. The lowest BCUT2D eigenvalue weighted by atomic mass is 10.1. The molecule has 1 aromatic rings. The Morgan fingerprint density at radius 3 is 2.55 bits per heavy atom. The van der Waals surface area contributed by atoms with Crippen molar-refractivity contribution in [2.24, 2.45) is 0 Å². The van der Waals surface area contributed by atoms with E-state index in [0.29, 0.717) is 13.1 Å². The number of pyridine rings is 1. The van der Waals surface area contributed by atoms with E-state index in [1.54, 1.807) is 4.90 Å². The standard InChI is InChI=1S/C14H21N3O3/c1-4-17(10-6-9-16(2)3)13(18)12-11(14(19)20)7-5-8-15-12/h5,7-8H,4,6,9-10H2,1-3H3,(H,19,20). The predicted molar refractivity (Wildman–Crippen MR) is 75.9 cm³/mol. The van der Waals surface area contributed by atoms with E-state index in [0.717, 1.165) is 13.0 Å². The third-order valence-corrected chi connectivity index (χ3v) is 2.94. The highest BCUT2D eigenvalue weighted by Gasteiger charge is 2.21. The van der Waals surface area contributed by atoms with Gasteiger partial charge in [-0.2, -0.15) is 0 Å². The molecule has 1 amide bonds. The highest BCUT2D eigenvalue weighted by molar-refractivity contribution is 6.03. The molecule has 0 aliphatic carbocycles. The van der Waals surface area contributed by atoms with Crippen molar-refractivity contribution >= 4 is 11.9 Å². The average Bonchev–Trinajstić information content (AvgIpc) is 2.42. The molecule has 0 aliphatic rings. The highest BCUT2D eigenvalue weighted by Crippen LogP contribution is 2.09. The maximum Gasteiger partial charge on any atom is 0.338 e. The van der Waals surface area contributed by atoms with Crippen molar-refractivity contribution in [3.8, 4) is 0 Å². The molecule has 0 aliphatic heterocycles. The number of carboxylic acid groups (broad SMARTS) is 1. The molecule has 0 radical (unpaired) electrons. The molecule has 0 aromatic carbocycles. The number of amides is 1. The van der Waals surface area contributed by atoms with E-state index in [1.165, 1.54) is 18.3 Å². The Hall–Kier alpha value is -1.95. The van der Waals surface area contributed by atoms with Crippen LogP contribution in [0, 0.1) is 0 Å². The zero-order valence-corrected chi connectivity index (χ0v) is 12.2. The number of aromatic carboxylic acids is 1. The summed E-state index contributed by atoms with van der Waals surface area (Å²) in [7, 11) is 3.94. The largest absolute Gasteiger partial charge is 0.478 e. The zero-order chi connectivity index (χ0) is 15.1. The quantitative estimate of drug-likeness (QED) is 0.811. The summed E-state index contributed by atoms with van der Waals surface area (Å²) in [5, 5.41) is 9.10. The summed E-state index contributed by atoms with van der Waals surface area (Å²) in [6, 6.07) is 2.92. The molecule has 110 valence electrons. The summed E-state index contributed by atoms with van der Waals surface area (Å²) in [6.45, 7) is 3.86. The normalized spacial score (nSPS) is 10.6. The van der Waals surface area contributed by atoms with Crippen molar-refractivity contribution in [3.63, 3.8) is 0 Å². The van der Waals surface area contributed by atoms with Gasteiger partial charge < -0.3 is 14.9 Å². The van der Waals surface area contributed by atoms with Crippen molar-refractivity contribution in [2.75, 3.05) is 33.7 Å². The van der Waals surface area contributed by atoms with Gasteiger partial charge in [0.1, 0.15) is 5.69 Å². The second-order valence-corrected chi connectivity index (χ2v) is 4.75. The van der Waals surface area contributed by atoms with Crippen molar-refractivity contribution in [3.05, 3.63) is 29.6 Å². The third kappa shape index (κ3) is 4.31. The van der Waals surface area contributed by atoms with Gasteiger partial charge in [-0.05, 0) is 46.1 Å². The van der Waals surface area contributed by atoms with Crippen molar-refractivity contribution in [1.29, 1.82) is 0 Å². The topological polar surface area (TPSA) is 73.7 Å². The summed E-state index contributed by atoms with van der Waals surface area (Å²) >= 11 is 0. The lowest BCUT2D eigenvalue weighted by molar-refractivity contribution is 0.0672. The molecule has 0 bridgehead atoms. The Morgan fingerprint density at radius 1 is 1.30 bits per heavy atom. The first-order valence-electron chi connectivity index (χ1n) is 6.59. The molecule has 0 unspecified atom stereocenters. The van der Waals surface area contributed by atoms with Crippen LogP contribution in [-0.2, 0) is 0 Å². The molecule has 6 heteroatoms. The van der Waals surface area contributed by atoms with Crippen LogP contribution in [0.3, 0.4) is 0 Å². The fraction of sp³-hybridized carbons (Fsp3) is 0.500. The maximum absolute atomic E-state index is 12.4. The first-order chi connectivity index (χ1) is 9.47. The summed E-state index contributed by atoms with van der Waals surface area (Å²) < 4.78 is 0. The van der Waals surface area contributed by atoms with Crippen molar-refractivity contribution in [1.82, 2.24) is 14.8 Å². The van der Waals surface area contributed by atoms with Crippen molar-refractivity contribution in [2.45, 2.75) is 13.3 Å². The fourth-order valence-corrected chi connectivity index (χ4v) is 1.88. The number of carboxylic acids is 1. The first-order valence-corrected chi connectivity index (χ1v) is 6.59. The van der Waals surface area contributed by atoms with E-state index < -0.39 is 5.97 Å². The van der Waals surface area contributed by atoms with Gasteiger partial charge in [0.05, 0.1) is 5.56 Å². The van der Waals surface area contributed by atoms with E-state index >= 15 is 0 Å². The summed E-state index contributed by atoms with van der Waals surface area (Å²) in [5.74, 6) is -1.46. The molecule has 0 spiro atoms. The lowest BCUT2D eigenvalue weighted by Crippen LogP contribution is -2.34. The van der Waals surface area contributed by atoms with Gasteiger partial charge in [0, 0.05) is 19.3 Å². The summed E-state index contributed by atoms with van der Waals surface area (Å²) in [6.07, 6.45) is 2.27. The molecule has 20 heavy (non-hydrogen) atoms. The number of carbonyl (C=O) groups excluding carboxylic acids is 1. The van der Waals surface area contributed by atoms with E-state index in [-0.39, 0.29) is 17.2 Å². The van der Waals surface area contributed by atoms with Gasteiger partial charge in [0.2, 0.25) is 0 Å². The van der Waals surface area contributed by atoms with E-state index in [1.807, 2.05) is 25.9 Å².